The minimum absolute atomic E-state index is 0.211. The molecule has 1 aromatic heterocycles. The maximum absolute atomic E-state index is 12.9. The second-order valence-corrected chi connectivity index (χ2v) is 4.05. The Morgan fingerprint density at radius 3 is 3.00 bits per heavy atom. The van der Waals surface area contributed by atoms with Crippen molar-refractivity contribution in [2.24, 2.45) is 5.73 Å². The number of hydrogen-bond donors (Lipinski definition) is 1. The van der Waals surface area contributed by atoms with Crippen LogP contribution in [0.2, 0.25) is 5.02 Å². The Morgan fingerprint density at radius 2 is 2.33 bits per heavy atom. The SMILES string of the molecule is COCC(N)c1nc(-c2ccc(F)cc2Cl)no1. The van der Waals surface area contributed by atoms with Crippen molar-refractivity contribution < 1.29 is 13.7 Å². The molecule has 0 saturated heterocycles. The van der Waals surface area contributed by atoms with Gasteiger partial charge in [0.25, 0.3) is 0 Å². The van der Waals surface area contributed by atoms with Gasteiger partial charge < -0.3 is 15.0 Å². The van der Waals surface area contributed by atoms with E-state index in [1.54, 1.807) is 0 Å². The van der Waals surface area contributed by atoms with Gasteiger partial charge in [0.2, 0.25) is 11.7 Å². The molecule has 0 spiro atoms. The zero-order valence-electron chi connectivity index (χ0n) is 9.56. The van der Waals surface area contributed by atoms with Crippen molar-refractivity contribution in [1.29, 1.82) is 0 Å². The standard InChI is InChI=1S/C11H11ClFN3O2/c1-17-5-9(14)11-15-10(16-18-11)7-3-2-6(13)4-8(7)12/h2-4,9H,5,14H2,1H3. The van der Waals surface area contributed by atoms with Crippen molar-refractivity contribution in [2.75, 3.05) is 13.7 Å². The molecule has 18 heavy (non-hydrogen) atoms. The first kappa shape index (κ1) is 12.9. The third-order valence-corrected chi connectivity index (χ3v) is 2.59. The zero-order chi connectivity index (χ0) is 13.1. The third kappa shape index (κ3) is 2.66. The van der Waals surface area contributed by atoms with E-state index < -0.39 is 11.9 Å². The van der Waals surface area contributed by atoms with E-state index in [2.05, 4.69) is 10.1 Å². The second kappa shape index (κ2) is 5.43. The second-order valence-electron chi connectivity index (χ2n) is 3.64. The molecule has 1 aromatic carbocycles. The van der Waals surface area contributed by atoms with Crippen molar-refractivity contribution >= 4 is 11.6 Å². The first-order valence-corrected chi connectivity index (χ1v) is 5.53. The molecule has 0 radical (unpaired) electrons. The monoisotopic (exact) mass is 271 g/mol. The third-order valence-electron chi connectivity index (χ3n) is 2.28. The molecule has 0 amide bonds. The molecule has 96 valence electrons. The van der Waals surface area contributed by atoms with Crippen LogP contribution in [0.25, 0.3) is 11.4 Å². The molecule has 2 rings (SSSR count). The number of methoxy groups -OCH3 is 1. The lowest BCUT2D eigenvalue weighted by Crippen LogP contribution is -2.16. The van der Waals surface area contributed by atoms with Gasteiger partial charge in [0.1, 0.15) is 11.9 Å². The molecule has 0 aliphatic carbocycles. The fraction of sp³-hybridized carbons (Fsp3) is 0.273. The fourth-order valence-electron chi connectivity index (χ4n) is 1.42. The van der Waals surface area contributed by atoms with Crippen LogP contribution in [0.1, 0.15) is 11.9 Å². The van der Waals surface area contributed by atoms with Crippen LogP contribution in [0.3, 0.4) is 0 Å². The van der Waals surface area contributed by atoms with Crippen LogP contribution in [0.5, 0.6) is 0 Å². The van der Waals surface area contributed by atoms with Crippen LogP contribution in [0.4, 0.5) is 4.39 Å². The first-order valence-electron chi connectivity index (χ1n) is 5.15. The smallest absolute Gasteiger partial charge is 0.246 e. The molecule has 1 unspecified atom stereocenters. The predicted octanol–water partition coefficient (Wildman–Crippen LogP) is 2.18. The Labute approximate surface area is 108 Å². The number of rotatable bonds is 4. The highest BCUT2D eigenvalue weighted by atomic mass is 35.5. The van der Waals surface area contributed by atoms with Crippen LogP contribution >= 0.6 is 11.6 Å². The number of nitrogens with zero attached hydrogens (tertiary/aromatic N) is 2. The molecule has 0 saturated carbocycles. The predicted molar refractivity (Wildman–Crippen MR) is 63.5 cm³/mol. The molecule has 7 heteroatoms. The Bertz CT molecular complexity index is 547. The normalized spacial score (nSPS) is 12.7. The van der Waals surface area contributed by atoms with Crippen LogP contribution in [0, 0.1) is 5.82 Å². The summed E-state index contributed by atoms with van der Waals surface area (Å²) >= 11 is 5.90. The average Bonchev–Trinajstić information content (AvgIpc) is 2.78. The molecule has 0 fully saturated rings. The van der Waals surface area contributed by atoms with E-state index in [0.29, 0.717) is 5.56 Å². The number of aromatic nitrogens is 2. The number of nitrogens with two attached hydrogens (primary N) is 1. The molecule has 2 N–H and O–H groups in total. The minimum atomic E-state index is -0.504. The number of benzene rings is 1. The summed E-state index contributed by atoms with van der Waals surface area (Å²) in [4.78, 5) is 4.10. The van der Waals surface area contributed by atoms with E-state index in [1.807, 2.05) is 0 Å². The summed E-state index contributed by atoms with van der Waals surface area (Å²) in [6, 6.07) is 3.43. The van der Waals surface area contributed by atoms with E-state index in [4.69, 9.17) is 26.6 Å². The number of halogens is 2. The van der Waals surface area contributed by atoms with Crippen molar-refractivity contribution in [3.63, 3.8) is 0 Å². The van der Waals surface area contributed by atoms with E-state index in [0.717, 1.165) is 0 Å². The molecule has 0 aliphatic rings. The number of hydrogen-bond acceptors (Lipinski definition) is 5. The Hall–Kier alpha value is -1.50. The van der Waals surface area contributed by atoms with Gasteiger partial charge in [-0.2, -0.15) is 4.98 Å². The van der Waals surface area contributed by atoms with Crippen LogP contribution < -0.4 is 5.73 Å². The lowest BCUT2D eigenvalue weighted by Gasteiger charge is -2.03. The van der Waals surface area contributed by atoms with Crippen LogP contribution in [-0.4, -0.2) is 23.9 Å². The van der Waals surface area contributed by atoms with Gasteiger partial charge >= 0.3 is 0 Å². The lowest BCUT2D eigenvalue weighted by molar-refractivity contribution is 0.166. The van der Waals surface area contributed by atoms with Crippen molar-refractivity contribution in [3.05, 3.63) is 34.9 Å². The summed E-state index contributed by atoms with van der Waals surface area (Å²) in [6.45, 7) is 0.263. The maximum Gasteiger partial charge on any atom is 0.246 e. The molecule has 5 nitrogen and oxygen atoms in total. The molecule has 1 heterocycles. The Morgan fingerprint density at radius 1 is 1.56 bits per heavy atom. The van der Waals surface area contributed by atoms with E-state index in [1.165, 1.54) is 25.3 Å². The summed E-state index contributed by atoms with van der Waals surface area (Å²) in [5, 5.41) is 3.96. The highest BCUT2D eigenvalue weighted by Gasteiger charge is 2.17. The molecule has 0 aliphatic heterocycles. The largest absolute Gasteiger partial charge is 0.383 e. The quantitative estimate of drug-likeness (QED) is 0.922. The number of ether oxygens (including phenoxy) is 1. The summed E-state index contributed by atoms with van der Waals surface area (Å²) in [5.41, 5.74) is 6.23. The first-order chi connectivity index (χ1) is 8.61. The summed E-state index contributed by atoms with van der Waals surface area (Å²) in [7, 11) is 1.52. The summed E-state index contributed by atoms with van der Waals surface area (Å²) in [6.07, 6.45) is 0. The van der Waals surface area contributed by atoms with Gasteiger partial charge in [-0.25, -0.2) is 4.39 Å². The zero-order valence-corrected chi connectivity index (χ0v) is 10.3. The van der Waals surface area contributed by atoms with Crippen LogP contribution in [0.15, 0.2) is 22.7 Å². The van der Waals surface area contributed by atoms with Crippen LogP contribution in [-0.2, 0) is 4.74 Å². The van der Waals surface area contributed by atoms with Gasteiger partial charge in [0.15, 0.2) is 0 Å². The summed E-state index contributed by atoms with van der Waals surface area (Å²) < 4.78 is 22.8. The lowest BCUT2D eigenvalue weighted by atomic mass is 10.2. The fourth-order valence-corrected chi connectivity index (χ4v) is 1.67. The van der Waals surface area contributed by atoms with Gasteiger partial charge in [-0.15, -0.1) is 0 Å². The van der Waals surface area contributed by atoms with E-state index >= 15 is 0 Å². The van der Waals surface area contributed by atoms with Gasteiger partial charge in [-0.05, 0) is 18.2 Å². The Kier molecular flexibility index (Phi) is 3.90. The maximum atomic E-state index is 12.9. The average molecular weight is 272 g/mol. The van der Waals surface area contributed by atoms with Crippen molar-refractivity contribution in [3.8, 4) is 11.4 Å². The molecule has 1 atom stereocenters. The molecule has 0 bridgehead atoms. The van der Waals surface area contributed by atoms with E-state index in [-0.39, 0.29) is 23.3 Å². The highest BCUT2D eigenvalue weighted by Crippen LogP contribution is 2.26. The summed E-state index contributed by atoms with van der Waals surface area (Å²) in [5.74, 6) is 0.0809. The van der Waals surface area contributed by atoms with Gasteiger partial charge in [0.05, 0.1) is 11.6 Å². The Balaban J connectivity index is 2.29. The highest BCUT2D eigenvalue weighted by molar-refractivity contribution is 6.33. The molecular weight excluding hydrogens is 261 g/mol. The van der Waals surface area contributed by atoms with Crippen molar-refractivity contribution in [1.82, 2.24) is 10.1 Å². The topological polar surface area (TPSA) is 74.2 Å². The van der Waals surface area contributed by atoms with Gasteiger partial charge in [-0.3, -0.25) is 0 Å². The molecule has 2 aromatic rings. The van der Waals surface area contributed by atoms with Crippen molar-refractivity contribution in [2.45, 2.75) is 6.04 Å². The van der Waals surface area contributed by atoms with Gasteiger partial charge in [0, 0.05) is 12.7 Å². The minimum Gasteiger partial charge on any atom is -0.383 e. The van der Waals surface area contributed by atoms with E-state index in [9.17, 15) is 4.39 Å². The molecular formula is C11H11ClFN3O2. The van der Waals surface area contributed by atoms with Gasteiger partial charge in [-0.1, -0.05) is 16.8 Å².